The van der Waals surface area contributed by atoms with Crippen LogP contribution in [0.4, 0.5) is 0 Å². The first kappa shape index (κ1) is 14.9. The normalized spacial score (nSPS) is 12.7. The van der Waals surface area contributed by atoms with Crippen LogP contribution in [0, 0.1) is 0 Å². The van der Waals surface area contributed by atoms with E-state index in [0.717, 1.165) is 12.1 Å². The van der Waals surface area contributed by atoms with Crippen molar-refractivity contribution in [2.75, 3.05) is 6.54 Å². The largest absolute Gasteiger partial charge is 0.306 e. The lowest BCUT2D eigenvalue weighted by Crippen LogP contribution is -2.22. The fourth-order valence-electron chi connectivity index (χ4n) is 2.60. The second kappa shape index (κ2) is 6.37. The van der Waals surface area contributed by atoms with Gasteiger partial charge in [-0.25, -0.2) is 0 Å². The van der Waals surface area contributed by atoms with Gasteiger partial charge in [-0.1, -0.05) is 48.3 Å². The van der Waals surface area contributed by atoms with E-state index in [9.17, 15) is 0 Å². The number of thiophene rings is 1. The van der Waals surface area contributed by atoms with Gasteiger partial charge in [-0.05, 0) is 52.7 Å². The Morgan fingerprint density at radius 1 is 1.10 bits per heavy atom. The Kier molecular flexibility index (Phi) is 4.51. The van der Waals surface area contributed by atoms with Crippen molar-refractivity contribution in [3.05, 3.63) is 69.0 Å². The molecule has 1 unspecified atom stereocenters. The summed E-state index contributed by atoms with van der Waals surface area (Å²) in [6, 6.07) is 14.4. The van der Waals surface area contributed by atoms with E-state index in [1.54, 1.807) is 17.4 Å². The van der Waals surface area contributed by atoms with E-state index in [1.807, 2.05) is 12.1 Å². The van der Waals surface area contributed by atoms with Crippen molar-refractivity contribution in [1.29, 1.82) is 0 Å². The van der Waals surface area contributed by atoms with Gasteiger partial charge in [-0.15, -0.1) is 11.3 Å². The molecule has 3 aromatic rings. The minimum Gasteiger partial charge on any atom is -0.306 e. The van der Waals surface area contributed by atoms with Crippen LogP contribution in [-0.2, 0) is 0 Å². The molecule has 1 nitrogen and oxygen atoms in total. The topological polar surface area (TPSA) is 12.0 Å². The van der Waals surface area contributed by atoms with Gasteiger partial charge in [0.25, 0.3) is 0 Å². The van der Waals surface area contributed by atoms with E-state index in [4.69, 9.17) is 23.2 Å². The van der Waals surface area contributed by atoms with Crippen LogP contribution in [0.25, 0.3) is 10.1 Å². The third-order valence-electron chi connectivity index (χ3n) is 3.45. The third kappa shape index (κ3) is 3.09. The molecule has 2 aromatic carbocycles. The molecule has 0 fully saturated rings. The fraction of sp³-hybridized carbons (Fsp3) is 0.176. The molecule has 0 aliphatic heterocycles. The highest BCUT2D eigenvalue weighted by atomic mass is 35.5. The van der Waals surface area contributed by atoms with E-state index in [0.29, 0.717) is 10.0 Å². The molecular formula is C17H15Cl2NS. The summed E-state index contributed by atoms with van der Waals surface area (Å²) in [5, 5.41) is 8.27. The Morgan fingerprint density at radius 2 is 1.86 bits per heavy atom. The maximum Gasteiger partial charge on any atom is 0.0591 e. The average Bonchev–Trinajstić information content (AvgIpc) is 2.92. The third-order valence-corrected chi connectivity index (χ3v) is 4.86. The molecule has 1 heterocycles. The van der Waals surface area contributed by atoms with Crippen LogP contribution in [0.3, 0.4) is 0 Å². The monoisotopic (exact) mass is 335 g/mol. The maximum absolute atomic E-state index is 6.17. The number of hydrogen-bond acceptors (Lipinski definition) is 2. The zero-order chi connectivity index (χ0) is 14.8. The molecule has 0 spiro atoms. The summed E-state index contributed by atoms with van der Waals surface area (Å²) >= 11 is 14.1. The van der Waals surface area contributed by atoms with E-state index < -0.39 is 0 Å². The minimum absolute atomic E-state index is 0.0913. The van der Waals surface area contributed by atoms with Gasteiger partial charge in [-0.2, -0.15) is 0 Å². The first-order valence-electron chi connectivity index (χ1n) is 6.84. The van der Waals surface area contributed by atoms with Crippen LogP contribution in [-0.4, -0.2) is 6.54 Å². The van der Waals surface area contributed by atoms with Crippen molar-refractivity contribution < 1.29 is 0 Å². The van der Waals surface area contributed by atoms with E-state index in [-0.39, 0.29) is 6.04 Å². The fourth-order valence-corrected chi connectivity index (χ4v) is 4.08. The SMILES string of the molecule is CCNC(c1cc(Cl)cc(Cl)c1)c1cccc2ccsc12. The number of nitrogens with one attached hydrogen (secondary N) is 1. The number of rotatable bonds is 4. The highest BCUT2D eigenvalue weighted by Crippen LogP contribution is 2.34. The van der Waals surface area contributed by atoms with E-state index in [2.05, 4.69) is 41.9 Å². The molecule has 0 aliphatic rings. The predicted octanol–water partition coefficient (Wildman–Crippen LogP) is 5.91. The Hall–Kier alpha value is -1.06. The first-order chi connectivity index (χ1) is 10.2. The smallest absolute Gasteiger partial charge is 0.0591 e. The van der Waals surface area contributed by atoms with Crippen molar-refractivity contribution >= 4 is 44.6 Å². The van der Waals surface area contributed by atoms with E-state index in [1.165, 1.54) is 15.6 Å². The standard InChI is InChI=1S/C17H15Cl2NS/c1-2-20-16(12-8-13(18)10-14(19)9-12)15-5-3-4-11-6-7-21-17(11)15/h3-10,16,20H,2H2,1H3. The zero-order valence-corrected chi connectivity index (χ0v) is 13.9. The number of benzene rings is 2. The molecule has 4 heteroatoms. The number of halogens is 2. The molecule has 21 heavy (non-hydrogen) atoms. The van der Waals surface area contributed by atoms with Crippen LogP contribution in [0.5, 0.6) is 0 Å². The summed E-state index contributed by atoms with van der Waals surface area (Å²) in [6.07, 6.45) is 0. The molecule has 0 aliphatic carbocycles. The molecule has 0 saturated heterocycles. The van der Waals surface area contributed by atoms with Gasteiger partial charge < -0.3 is 5.32 Å². The molecule has 1 N–H and O–H groups in total. The first-order valence-corrected chi connectivity index (χ1v) is 8.48. The van der Waals surface area contributed by atoms with Crippen molar-refractivity contribution in [2.24, 2.45) is 0 Å². The molecular weight excluding hydrogens is 321 g/mol. The van der Waals surface area contributed by atoms with Crippen LogP contribution >= 0.6 is 34.5 Å². The van der Waals surface area contributed by atoms with Crippen LogP contribution in [0.2, 0.25) is 10.0 Å². The molecule has 1 aromatic heterocycles. The summed E-state index contributed by atoms with van der Waals surface area (Å²) in [7, 11) is 0. The maximum atomic E-state index is 6.17. The molecule has 0 radical (unpaired) electrons. The van der Waals surface area contributed by atoms with Crippen LogP contribution in [0.15, 0.2) is 47.8 Å². The quantitative estimate of drug-likeness (QED) is 0.625. The molecule has 0 bridgehead atoms. The van der Waals surface area contributed by atoms with Gasteiger partial charge in [0.15, 0.2) is 0 Å². The Morgan fingerprint density at radius 3 is 2.57 bits per heavy atom. The molecule has 0 saturated carbocycles. The summed E-state index contributed by atoms with van der Waals surface area (Å²) < 4.78 is 1.31. The Balaban J connectivity index is 2.15. The second-order valence-electron chi connectivity index (χ2n) is 4.88. The van der Waals surface area contributed by atoms with Gasteiger partial charge >= 0.3 is 0 Å². The van der Waals surface area contributed by atoms with Crippen LogP contribution in [0.1, 0.15) is 24.1 Å². The highest BCUT2D eigenvalue weighted by Gasteiger charge is 2.17. The Bertz CT molecular complexity index is 746. The average molecular weight is 336 g/mol. The lowest BCUT2D eigenvalue weighted by molar-refractivity contribution is 0.635. The molecule has 0 amide bonds. The lowest BCUT2D eigenvalue weighted by Gasteiger charge is -2.20. The van der Waals surface area contributed by atoms with E-state index >= 15 is 0 Å². The lowest BCUT2D eigenvalue weighted by atomic mass is 9.97. The predicted molar refractivity (Wildman–Crippen MR) is 93.8 cm³/mol. The summed E-state index contributed by atoms with van der Waals surface area (Å²) in [6.45, 7) is 2.98. The Labute approximate surface area is 138 Å². The van der Waals surface area contributed by atoms with Crippen molar-refractivity contribution in [2.45, 2.75) is 13.0 Å². The van der Waals surface area contributed by atoms with Crippen LogP contribution < -0.4 is 5.32 Å². The van der Waals surface area contributed by atoms with Gasteiger partial charge in [0.1, 0.15) is 0 Å². The van der Waals surface area contributed by atoms with Gasteiger partial charge in [0.2, 0.25) is 0 Å². The van der Waals surface area contributed by atoms with Crippen molar-refractivity contribution in [1.82, 2.24) is 5.32 Å². The molecule has 108 valence electrons. The molecule has 3 rings (SSSR count). The zero-order valence-electron chi connectivity index (χ0n) is 11.6. The van der Waals surface area contributed by atoms with Crippen molar-refractivity contribution in [3.63, 3.8) is 0 Å². The van der Waals surface area contributed by atoms with Crippen molar-refractivity contribution in [3.8, 4) is 0 Å². The summed E-state index contributed by atoms with van der Waals surface area (Å²) in [4.78, 5) is 0. The number of hydrogen-bond donors (Lipinski definition) is 1. The van der Waals surface area contributed by atoms with Gasteiger partial charge in [0, 0.05) is 14.7 Å². The molecule has 1 atom stereocenters. The number of fused-ring (bicyclic) bond motifs is 1. The van der Waals surface area contributed by atoms with Gasteiger partial charge in [0.05, 0.1) is 6.04 Å². The summed E-state index contributed by atoms with van der Waals surface area (Å²) in [5.74, 6) is 0. The second-order valence-corrected chi connectivity index (χ2v) is 6.67. The highest BCUT2D eigenvalue weighted by molar-refractivity contribution is 7.17. The minimum atomic E-state index is 0.0913. The van der Waals surface area contributed by atoms with Gasteiger partial charge in [-0.3, -0.25) is 0 Å². The summed E-state index contributed by atoms with van der Waals surface area (Å²) in [5.41, 5.74) is 2.36.